The Balaban J connectivity index is 1.58. The third-order valence-corrected chi connectivity index (χ3v) is 6.48. The molecule has 0 spiro atoms. The molecule has 2 aromatic rings. The summed E-state index contributed by atoms with van der Waals surface area (Å²) >= 11 is 2.00. The molecular weight excluding hydrogens is 402 g/mol. The van der Waals surface area contributed by atoms with Crippen LogP contribution in [0.4, 0.5) is 8.78 Å². The highest BCUT2D eigenvalue weighted by Crippen LogP contribution is 2.28. The van der Waals surface area contributed by atoms with Gasteiger partial charge in [-0.1, -0.05) is 20.8 Å². The lowest BCUT2D eigenvalue weighted by molar-refractivity contribution is 0.0623. The Morgan fingerprint density at radius 3 is 2.61 bits per heavy atom. The van der Waals surface area contributed by atoms with E-state index in [4.69, 9.17) is 4.98 Å². The number of rotatable bonds is 5. The number of aromatic nitrogens is 2. The van der Waals surface area contributed by atoms with Crippen LogP contribution in [0.25, 0.3) is 0 Å². The zero-order chi connectivity index (χ0) is 20.3. The van der Waals surface area contributed by atoms with E-state index in [2.05, 4.69) is 36.0 Å². The summed E-state index contributed by atoms with van der Waals surface area (Å²) in [4.78, 5) is 25.4. The Hall–Kier alpha value is -1.58. The van der Waals surface area contributed by atoms with Crippen molar-refractivity contribution in [3.8, 4) is 0 Å². The highest BCUT2D eigenvalue weighted by Gasteiger charge is 2.26. The third-order valence-electron chi connectivity index (χ3n) is 4.44. The van der Waals surface area contributed by atoms with Gasteiger partial charge in [-0.3, -0.25) is 9.69 Å². The number of nitrogens with zero attached hydrogens (tertiary/aromatic N) is 4. The molecule has 3 heterocycles. The SMILES string of the molecule is CC(C)(C)c1nc(CN2CCN(C(=O)c3cccnc3SC(F)F)CC2)cs1. The van der Waals surface area contributed by atoms with Crippen LogP contribution in [-0.2, 0) is 12.0 Å². The monoisotopic (exact) mass is 426 g/mol. The van der Waals surface area contributed by atoms with Crippen LogP contribution in [-0.4, -0.2) is 57.6 Å². The first-order valence-electron chi connectivity index (χ1n) is 9.10. The quantitative estimate of drug-likeness (QED) is 0.674. The van der Waals surface area contributed by atoms with Crippen molar-refractivity contribution in [3.05, 3.63) is 40.0 Å². The molecule has 1 fully saturated rings. The second-order valence-electron chi connectivity index (χ2n) is 7.70. The van der Waals surface area contributed by atoms with E-state index in [1.807, 2.05) is 0 Å². The molecule has 5 nitrogen and oxygen atoms in total. The molecule has 0 bridgehead atoms. The number of amides is 1. The molecule has 1 aliphatic rings. The minimum Gasteiger partial charge on any atom is -0.336 e. The molecule has 152 valence electrons. The minimum atomic E-state index is -2.60. The average molecular weight is 427 g/mol. The Morgan fingerprint density at radius 2 is 2.00 bits per heavy atom. The molecule has 1 amide bonds. The van der Waals surface area contributed by atoms with Crippen molar-refractivity contribution >= 4 is 29.0 Å². The molecule has 3 rings (SSSR count). The van der Waals surface area contributed by atoms with Crippen LogP contribution in [0.2, 0.25) is 0 Å². The summed E-state index contributed by atoms with van der Waals surface area (Å²) in [6.07, 6.45) is 1.43. The van der Waals surface area contributed by atoms with Gasteiger partial charge in [-0.25, -0.2) is 9.97 Å². The van der Waals surface area contributed by atoms with Crippen LogP contribution in [0.5, 0.6) is 0 Å². The van der Waals surface area contributed by atoms with Crippen molar-refractivity contribution in [2.45, 2.75) is 43.5 Å². The first kappa shape index (κ1) is 21.1. The van der Waals surface area contributed by atoms with Crippen molar-refractivity contribution in [1.82, 2.24) is 19.8 Å². The summed E-state index contributed by atoms with van der Waals surface area (Å²) in [7, 11) is 0. The predicted molar refractivity (Wildman–Crippen MR) is 108 cm³/mol. The van der Waals surface area contributed by atoms with E-state index in [0.717, 1.165) is 30.3 Å². The molecule has 0 saturated carbocycles. The summed E-state index contributed by atoms with van der Waals surface area (Å²) < 4.78 is 25.5. The number of thioether (sulfide) groups is 1. The van der Waals surface area contributed by atoms with Crippen molar-refractivity contribution in [1.29, 1.82) is 0 Å². The van der Waals surface area contributed by atoms with Gasteiger partial charge < -0.3 is 4.90 Å². The fraction of sp³-hybridized carbons (Fsp3) is 0.526. The maximum Gasteiger partial charge on any atom is 0.290 e. The Morgan fingerprint density at radius 1 is 1.29 bits per heavy atom. The standard InChI is InChI=1S/C19H24F2N4OS2/c1-19(2,3)17-23-13(12-27-17)11-24-7-9-25(10-8-24)16(26)14-5-4-6-22-15(14)28-18(20)21/h4-6,12,18H,7-11H2,1-3H3. The van der Waals surface area contributed by atoms with Gasteiger partial charge in [0.2, 0.25) is 0 Å². The smallest absolute Gasteiger partial charge is 0.290 e. The lowest BCUT2D eigenvalue weighted by Gasteiger charge is -2.34. The second kappa shape index (κ2) is 8.84. The molecule has 2 aromatic heterocycles. The summed E-state index contributed by atoms with van der Waals surface area (Å²) in [6, 6.07) is 3.17. The van der Waals surface area contributed by atoms with Gasteiger partial charge in [-0.05, 0) is 23.9 Å². The van der Waals surface area contributed by atoms with E-state index in [9.17, 15) is 13.6 Å². The van der Waals surface area contributed by atoms with Gasteiger partial charge in [-0.15, -0.1) is 11.3 Å². The van der Waals surface area contributed by atoms with Crippen molar-refractivity contribution < 1.29 is 13.6 Å². The molecule has 0 aromatic carbocycles. The molecule has 0 N–H and O–H groups in total. The summed E-state index contributed by atoms with van der Waals surface area (Å²) in [5, 5.41) is 3.31. The van der Waals surface area contributed by atoms with E-state index in [-0.39, 0.29) is 21.9 Å². The summed E-state index contributed by atoms with van der Waals surface area (Å²) in [5.41, 5.74) is 1.35. The number of piperazine rings is 1. The first-order chi connectivity index (χ1) is 13.2. The van der Waals surface area contributed by atoms with E-state index in [0.29, 0.717) is 24.9 Å². The van der Waals surface area contributed by atoms with Crippen LogP contribution in [0.1, 0.15) is 41.8 Å². The normalized spacial score (nSPS) is 16.0. The van der Waals surface area contributed by atoms with Gasteiger partial charge in [-0.2, -0.15) is 8.78 Å². The second-order valence-corrected chi connectivity index (χ2v) is 9.53. The van der Waals surface area contributed by atoms with Gasteiger partial charge in [0.05, 0.1) is 16.3 Å². The number of halogens is 2. The van der Waals surface area contributed by atoms with Gasteiger partial charge in [0, 0.05) is 49.7 Å². The Labute approximate surface area is 172 Å². The zero-order valence-corrected chi connectivity index (χ0v) is 17.8. The highest BCUT2D eigenvalue weighted by atomic mass is 32.2. The number of thiazole rings is 1. The molecule has 0 aliphatic carbocycles. The minimum absolute atomic E-state index is 0.0473. The molecular formula is C19H24F2N4OS2. The molecule has 9 heteroatoms. The fourth-order valence-corrected chi connectivity index (χ4v) is 4.44. The number of hydrogen-bond donors (Lipinski definition) is 0. The van der Waals surface area contributed by atoms with Crippen LogP contribution >= 0.6 is 23.1 Å². The molecule has 0 atom stereocenters. The number of pyridine rings is 1. The fourth-order valence-electron chi connectivity index (χ4n) is 2.96. The van der Waals surface area contributed by atoms with Crippen LogP contribution < -0.4 is 0 Å². The number of alkyl halides is 2. The van der Waals surface area contributed by atoms with E-state index < -0.39 is 5.76 Å². The van der Waals surface area contributed by atoms with Crippen molar-refractivity contribution in [2.24, 2.45) is 0 Å². The molecule has 28 heavy (non-hydrogen) atoms. The lowest BCUT2D eigenvalue weighted by atomic mass is 9.98. The average Bonchev–Trinajstić information content (AvgIpc) is 3.11. The molecule has 0 unspecified atom stereocenters. The number of carbonyl (C=O) groups is 1. The number of hydrogen-bond acceptors (Lipinski definition) is 6. The van der Waals surface area contributed by atoms with Gasteiger partial charge in [0.15, 0.2) is 0 Å². The molecule has 1 saturated heterocycles. The molecule has 1 aliphatic heterocycles. The first-order valence-corrected chi connectivity index (χ1v) is 10.9. The summed E-state index contributed by atoms with van der Waals surface area (Å²) in [5.74, 6) is -2.84. The van der Waals surface area contributed by atoms with Crippen LogP contribution in [0, 0.1) is 0 Å². The van der Waals surface area contributed by atoms with E-state index in [1.165, 1.54) is 6.20 Å². The van der Waals surface area contributed by atoms with E-state index in [1.54, 1.807) is 28.4 Å². The highest BCUT2D eigenvalue weighted by molar-refractivity contribution is 7.99. The lowest BCUT2D eigenvalue weighted by Crippen LogP contribution is -2.48. The maximum absolute atomic E-state index is 12.8. The Kier molecular flexibility index (Phi) is 6.67. The van der Waals surface area contributed by atoms with E-state index >= 15 is 0 Å². The largest absolute Gasteiger partial charge is 0.336 e. The third kappa shape index (κ3) is 5.27. The van der Waals surface area contributed by atoms with Crippen molar-refractivity contribution in [2.75, 3.05) is 26.2 Å². The van der Waals surface area contributed by atoms with Crippen LogP contribution in [0.3, 0.4) is 0 Å². The zero-order valence-electron chi connectivity index (χ0n) is 16.2. The van der Waals surface area contributed by atoms with Crippen molar-refractivity contribution in [3.63, 3.8) is 0 Å². The van der Waals surface area contributed by atoms with Gasteiger partial charge >= 0.3 is 0 Å². The summed E-state index contributed by atoms with van der Waals surface area (Å²) in [6.45, 7) is 9.79. The van der Waals surface area contributed by atoms with Crippen LogP contribution in [0.15, 0.2) is 28.7 Å². The topological polar surface area (TPSA) is 49.3 Å². The van der Waals surface area contributed by atoms with Gasteiger partial charge in [0.1, 0.15) is 5.03 Å². The number of carbonyl (C=O) groups excluding carboxylic acids is 1. The Bertz CT molecular complexity index is 814. The molecule has 0 radical (unpaired) electrons. The predicted octanol–water partition coefficient (Wildman–Crippen LogP) is 4.11. The van der Waals surface area contributed by atoms with Gasteiger partial charge in [0.25, 0.3) is 11.7 Å². The maximum atomic E-state index is 12.8.